The van der Waals surface area contributed by atoms with Gasteiger partial charge in [0.25, 0.3) is 0 Å². The minimum Gasteiger partial charge on any atom is -0.468 e. The van der Waals surface area contributed by atoms with Gasteiger partial charge in [-0.15, -0.1) is 0 Å². The summed E-state index contributed by atoms with van der Waals surface area (Å²) in [5.41, 5.74) is 1.63. The first kappa shape index (κ1) is 35.3. The number of ether oxygens (including phenoxy) is 2. The van der Waals surface area contributed by atoms with Gasteiger partial charge in [-0.25, -0.2) is 4.79 Å². The predicted octanol–water partition coefficient (Wildman–Crippen LogP) is 4.93. The Balaban J connectivity index is 3.70. The van der Waals surface area contributed by atoms with Crippen molar-refractivity contribution >= 4 is 35.6 Å². The molecule has 0 aliphatic rings. The Hall–Kier alpha value is -2.75. The van der Waals surface area contributed by atoms with Crippen LogP contribution in [0.4, 0.5) is 4.79 Å². The van der Waals surface area contributed by atoms with Crippen LogP contribution < -0.4 is 10.6 Å². The molecule has 3 amide bonds. The van der Waals surface area contributed by atoms with Gasteiger partial charge in [0, 0.05) is 6.04 Å². The standard InChI is InChI=1S/C30H49N3O6S/c1-19(2)14-15-22(5)33(28(36)23(16-17-40-10)32-29(37)39-30(6,7)8)26(27(35)31-18-24(34)38-9)25-20(3)12-11-13-21(25)4/h11-13,19,22-23,26H,14-18H2,1-10H3,(H,31,35)(H,32,37). The third kappa shape index (κ3) is 11.4. The molecule has 9 nitrogen and oxygen atoms in total. The molecule has 0 saturated heterocycles. The average Bonchev–Trinajstić information content (AvgIpc) is 2.85. The van der Waals surface area contributed by atoms with Crippen LogP contribution in [0.15, 0.2) is 18.2 Å². The molecule has 0 aliphatic carbocycles. The lowest BCUT2D eigenvalue weighted by atomic mass is 9.91. The number of hydrogen-bond donors (Lipinski definition) is 2. The predicted molar refractivity (Wildman–Crippen MR) is 160 cm³/mol. The molecule has 10 heteroatoms. The molecule has 0 spiro atoms. The second kappa shape index (κ2) is 16.5. The molecule has 226 valence electrons. The Kier molecular flexibility index (Phi) is 14.6. The summed E-state index contributed by atoms with van der Waals surface area (Å²) in [5.74, 6) is -0.462. The van der Waals surface area contributed by atoms with Crippen LogP contribution in [0.1, 0.15) is 83.5 Å². The van der Waals surface area contributed by atoms with Gasteiger partial charge >= 0.3 is 12.1 Å². The van der Waals surface area contributed by atoms with Gasteiger partial charge in [0.15, 0.2) is 0 Å². The van der Waals surface area contributed by atoms with Crippen LogP contribution in [0.3, 0.4) is 0 Å². The molecule has 1 aromatic rings. The molecular weight excluding hydrogens is 530 g/mol. The van der Waals surface area contributed by atoms with E-state index in [0.29, 0.717) is 30.1 Å². The third-order valence-electron chi connectivity index (χ3n) is 6.47. The van der Waals surface area contributed by atoms with Crippen LogP contribution in [0.2, 0.25) is 0 Å². The summed E-state index contributed by atoms with van der Waals surface area (Å²) in [6.07, 6.45) is 3.08. The van der Waals surface area contributed by atoms with Crippen molar-refractivity contribution < 1.29 is 28.7 Å². The average molecular weight is 580 g/mol. The van der Waals surface area contributed by atoms with Gasteiger partial charge < -0.3 is 25.0 Å². The van der Waals surface area contributed by atoms with Crippen molar-refractivity contribution in [3.05, 3.63) is 34.9 Å². The highest BCUT2D eigenvalue weighted by atomic mass is 32.2. The molecule has 0 radical (unpaired) electrons. The molecule has 40 heavy (non-hydrogen) atoms. The van der Waals surface area contributed by atoms with E-state index in [1.165, 1.54) is 7.11 Å². The van der Waals surface area contributed by atoms with Gasteiger partial charge in [-0.3, -0.25) is 14.4 Å². The maximum Gasteiger partial charge on any atom is 0.408 e. The first-order valence-electron chi connectivity index (χ1n) is 13.8. The van der Waals surface area contributed by atoms with Gasteiger partial charge in [-0.05, 0) is 95.4 Å². The largest absolute Gasteiger partial charge is 0.468 e. The Morgan fingerprint density at radius 1 is 1.00 bits per heavy atom. The van der Waals surface area contributed by atoms with Gasteiger partial charge in [0.05, 0.1) is 7.11 Å². The summed E-state index contributed by atoms with van der Waals surface area (Å²) in [5, 5.41) is 5.44. The Bertz CT molecular complexity index is 987. The second-order valence-electron chi connectivity index (χ2n) is 11.5. The highest BCUT2D eigenvalue weighted by molar-refractivity contribution is 7.98. The zero-order chi connectivity index (χ0) is 30.6. The topological polar surface area (TPSA) is 114 Å². The van der Waals surface area contributed by atoms with E-state index in [1.807, 2.05) is 45.2 Å². The fourth-order valence-corrected chi connectivity index (χ4v) is 4.89. The van der Waals surface area contributed by atoms with Crippen LogP contribution >= 0.6 is 11.8 Å². The number of carbonyl (C=O) groups is 4. The number of rotatable bonds is 14. The maximum atomic E-state index is 14.4. The first-order valence-corrected chi connectivity index (χ1v) is 15.2. The number of esters is 1. The van der Waals surface area contributed by atoms with E-state index >= 15 is 0 Å². The molecule has 0 saturated carbocycles. The summed E-state index contributed by atoms with van der Waals surface area (Å²) < 4.78 is 10.2. The molecule has 1 rings (SSSR count). The van der Waals surface area contributed by atoms with Gasteiger partial charge in [-0.1, -0.05) is 32.0 Å². The molecule has 0 fully saturated rings. The van der Waals surface area contributed by atoms with E-state index < -0.39 is 35.7 Å². The quantitative estimate of drug-likeness (QED) is 0.300. The summed E-state index contributed by atoms with van der Waals surface area (Å²) in [4.78, 5) is 54.6. The second-order valence-corrected chi connectivity index (χ2v) is 12.5. The minimum atomic E-state index is -1.03. The summed E-state index contributed by atoms with van der Waals surface area (Å²) >= 11 is 1.56. The zero-order valence-corrected chi connectivity index (χ0v) is 26.7. The van der Waals surface area contributed by atoms with E-state index in [9.17, 15) is 19.2 Å². The Morgan fingerprint density at radius 3 is 2.10 bits per heavy atom. The normalized spacial score (nSPS) is 13.7. The zero-order valence-electron chi connectivity index (χ0n) is 25.9. The lowest BCUT2D eigenvalue weighted by molar-refractivity contribution is -0.146. The van der Waals surface area contributed by atoms with Gasteiger partial charge in [-0.2, -0.15) is 11.8 Å². The molecule has 0 aliphatic heterocycles. The van der Waals surface area contributed by atoms with E-state index in [4.69, 9.17) is 9.47 Å². The van der Waals surface area contributed by atoms with E-state index in [2.05, 4.69) is 24.5 Å². The molecular formula is C30H49N3O6S. The van der Waals surface area contributed by atoms with Crippen molar-refractivity contribution in [1.29, 1.82) is 0 Å². The number of nitrogens with one attached hydrogen (secondary N) is 2. The van der Waals surface area contributed by atoms with Crippen molar-refractivity contribution in [2.45, 2.75) is 98.4 Å². The van der Waals surface area contributed by atoms with Crippen molar-refractivity contribution in [3.8, 4) is 0 Å². The van der Waals surface area contributed by atoms with Crippen molar-refractivity contribution in [3.63, 3.8) is 0 Å². The summed E-state index contributed by atoms with van der Waals surface area (Å²) in [6.45, 7) is 14.9. The van der Waals surface area contributed by atoms with E-state index in [-0.39, 0.29) is 18.5 Å². The smallest absolute Gasteiger partial charge is 0.408 e. The van der Waals surface area contributed by atoms with Crippen molar-refractivity contribution in [2.75, 3.05) is 25.7 Å². The Morgan fingerprint density at radius 2 is 1.60 bits per heavy atom. The lowest BCUT2D eigenvalue weighted by Crippen LogP contribution is -2.56. The Labute approximate surface area is 244 Å². The van der Waals surface area contributed by atoms with Gasteiger partial charge in [0.1, 0.15) is 24.2 Å². The molecule has 0 bridgehead atoms. The highest BCUT2D eigenvalue weighted by Gasteiger charge is 2.40. The number of hydrogen-bond acceptors (Lipinski definition) is 7. The molecule has 3 atom stereocenters. The number of thioether (sulfide) groups is 1. The highest BCUT2D eigenvalue weighted by Crippen LogP contribution is 2.32. The first-order chi connectivity index (χ1) is 18.6. The van der Waals surface area contributed by atoms with Gasteiger partial charge in [0.2, 0.25) is 11.8 Å². The number of amides is 3. The maximum absolute atomic E-state index is 14.4. The van der Waals surface area contributed by atoms with Crippen LogP contribution in [0.5, 0.6) is 0 Å². The fraction of sp³-hybridized carbons (Fsp3) is 0.667. The lowest BCUT2D eigenvalue weighted by Gasteiger charge is -2.39. The number of alkyl carbamates (subject to hydrolysis) is 1. The molecule has 2 N–H and O–H groups in total. The molecule has 1 aromatic carbocycles. The number of nitrogens with zero attached hydrogens (tertiary/aromatic N) is 1. The van der Waals surface area contributed by atoms with Crippen LogP contribution in [0.25, 0.3) is 0 Å². The van der Waals surface area contributed by atoms with Crippen molar-refractivity contribution in [2.24, 2.45) is 5.92 Å². The minimum absolute atomic E-state index is 0.328. The van der Waals surface area contributed by atoms with Crippen LogP contribution in [0, 0.1) is 19.8 Å². The number of methoxy groups -OCH3 is 1. The molecule has 3 unspecified atom stereocenters. The van der Waals surface area contributed by atoms with E-state index in [1.54, 1.807) is 37.4 Å². The van der Waals surface area contributed by atoms with E-state index in [0.717, 1.165) is 17.5 Å². The summed E-state index contributed by atoms with van der Waals surface area (Å²) in [6, 6.07) is 3.40. The van der Waals surface area contributed by atoms with Crippen molar-refractivity contribution in [1.82, 2.24) is 15.5 Å². The number of aryl methyl sites for hydroxylation is 2. The third-order valence-corrected chi connectivity index (χ3v) is 7.11. The van der Waals surface area contributed by atoms with Crippen LogP contribution in [-0.2, 0) is 23.9 Å². The SMILES string of the molecule is COC(=O)CNC(=O)C(c1c(C)cccc1C)N(C(=O)C(CCSC)NC(=O)OC(C)(C)C)C(C)CCC(C)C. The monoisotopic (exact) mass is 579 g/mol. The summed E-state index contributed by atoms with van der Waals surface area (Å²) in [7, 11) is 1.25. The number of benzene rings is 1. The fourth-order valence-electron chi connectivity index (χ4n) is 4.42. The van der Waals surface area contributed by atoms with Crippen LogP contribution in [-0.4, -0.2) is 72.1 Å². The molecule has 0 heterocycles. The molecule has 0 aromatic heterocycles. The number of carbonyl (C=O) groups excluding carboxylic acids is 4.